The number of aromatic nitrogens is 4. The van der Waals surface area contributed by atoms with Gasteiger partial charge in [0.05, 0.1) is 6.33 Å². The van der Waals surface area contributed by atoms with Crippen LogP contribution in [0.5, 0.6) is 0 Å². The van der Waals surface area contributed by atoms with Gasteiger partial charge in [-0.05, 0) is 12.1 Å². The Bertz CT molecular complexity index is 1200. The van der Waals surface area contributed by atoms with Gasteiger partial charge in [-0.3, -0.25) is 19.0 Å². The molecule has 178 valence electrons. The topological polar surface area (TPSA) is 132 Å². The Morgan fingerprint density at radius 1 is 0.971 bits per heavy atom. The van der Waals surface area contributed by atoms with E-state index in [4.69, 9.17) is 18.9 Å². The number of esters is 3. The van der Waals surface area contributed by atoms with E-state index in [1.54, 1.807) is 4.57 Å². The number of imidazole rings is 1. The lowest BCUT2D eigenvalue weighted by molar-refractivity contribution is -0.166. The molecule has 0 radical (unpaired) electrons. The molecule has 2 aromatic heterocycles. The standard InChI is InChI=1S/C22H22N4O7S/c1-12(27)30-9-16-18(31-13(2)28)19(32-14(3)29)22(33-16)26-11-25-17-20(26)23-10-24-21(17)34-15-7-5-4-6-8-15/h4-8,10-11,16,18-19,22H,9H2,1-3H3/t16-,18-,19-,22-/m1/s1. The van der Waals surface area contributed by atoms with Gasteiger partial charge in [-0.25, -0.2) is 15.0 Å². The van der Waals surface area contributed by atoms with Crippen molar-refractivity contribution < 1.29 is 33.3 Å². The quantitative estimate of drug-likeness (QED) is 0.277. The fraction of sp³-hybridized carbons (Fsp3) is 0.364. The summed E-state index contributed by atoms with van der Waals surface area (Å²) in [5.74, 6) is -1.72. The van der Waals surface area contributed by atoms with E-state index in [0.29, 0.717) is 16.2 Å². The van der Waals surface area contributed by atoms with Gasteiger partial charge in [-0.15, -0.1) is 0 Å². The van der Waals surface area contributed by atoms with Crippen molar-refractivity contribution in [3.8, 4) is 0 Å². The second-order valence-corrected chi connectivity index (χ2v) is 8.50. The van der Waals surface area contributed by atoms with Crippen LogP contribution in [-0.2, 0) is 33.3 Å². The molecule has 4 atom stereocenters. The van der Waals surface area contributed by atoms with Crippen LogP contribution in [0.15, 0.2) is 52.9 Å². The van der Waals surface area contributed by atoms with Gasteiger partial charge in [0.15, 0.2) is 24.1 Å². The minimum Gasteiger partial charge on any atom is -0.463 e. The first-order valence-corrected chi connectivity index (χ1v) is 11.2. The van der Waals surface area contributed by atoms with Gasteiger partial charge < -0.3 is 18.9 Å². The maximum Gasteiger partial charge on any atom is 0.303 e. The second kappa shape index (κ2) is 10.2. The van der Waals surface area contributed by atoms with Crippen LogP contribution in [0.25, 0.3) is 11.2 Å². The molecule has 1 aliphatic rings. The fourth-order valence-electron chi connectivity index (χ4n) is 3.61. The number of benzene rings is 1. The minimum atomic E-state index is -1.03. The van der Waals surface area contributed by atoms with E-state index in [-0.39, 0.29) is 6.61 Å². The normalized spacial score (nSPS) is 21.9. The van der Waals surface area contributed by atoms with Crippen molar-refractivity contribution in [2.24, 2.45) is 0 Å². The van der Waals surface area contributed by atoms with Crippen LogP contribution in [0, 0.1) is 0 Å². The first-order valence-electron chi connectivity index (χ1n) is 10.4. The highest BCUT2D eigenvalue weighted by Gasteiger charge is 2.51. The third-order valence-electron chi connectivity index (χ3n) is 4.90. The van der Waals surface area contributed by atoms with E-state index in [9.17, 15) is 14.4 Å². The van der Waals surface area contributed by atoms with E-state index in [1.165, 1.54) is 45.2 Å². The molecule has 0 spiro atoms. The van der Waals surface area contributed by atoms with Gasteiger partial charge in [-0.1, -0.05) is 30.0 Å². The van der Waals surface area contributed by atoms with Gasteiger partial charge in [0.2, 0.25) is 0 Å². The molecule has 3 heterocycles. The summed E-state index contributed by atoms with van der Waals surface area (Å²) in [6.07, 6.45) is -0.957. The molecule has 11 nitrogen and oxygen atoms in total. The van der Waals surface area contributed by atoms with Crippen molar-refractivity contribution in [2.75, 3.05) is 6.61 Å². The van der Waals surface area contributed by atoms with E-state index < -0.39 is 42.4 Å². The summed E-state index contributed by atoms with van der Waals surface area (Å²) in [5.41, 5.74) is 0.958. The highest BCUT2D eigenvalue weighted by molar-refractivity contribution is 7.99. The number of ether oxygens (including phenoxy) is 4. The van der Waals surface area contributed by atoms with Gasteiger partial charge >= 0.3 is 17.9 Å². The maximum atomic E-state index is 11.9. The zero-order valence-corrected chi connectivity index (χ0v) is 19.4. The lowest BCUT2D eigenvalue weighted by Crippen LogP contribution is -2.40. The summed E-state index contributed by atoms with van der Waals surface area (Å²) < 4.78 is 23.6. The van der Waals surface area contributed by atoms with Crippen LogP contribution in [0.3, 0.4) is 0 Å². The van der Waals surface area contributed by atoms with Gasteiger partial charge in [0.1, 0.15) is 29.6 Å². The molecule has 0 saturated carbocycles. The van der Waals surface area contributed by atoms with Crippen molar-refractivity contribution >= 4 is 40.8 Å². The molecule has 4 rings (SSSR count). The Labute approximate surface area is 198 Å². The van der Waals surface area contributed by atoms with Gasteiger partial charge in [-0.2, -0.15) is 0 Å². The fourth-order valence-corrected chi connectivity index (χ4v) is 4.47. The average Bonchev–Trinajstić information content (AvgIpc) is 3.35. The lowest BCUT2D eigenvalue weighted by atomic mass is 10.1. The molecule has 1 aliphatic heterocycles. The lowest BCUT2D eigenvalue weighted by Gasteiger charge is -2.23. The largest absolute Gasteiger partial charge is 0.463 e. The zero-order chi connectivity index (χ0) is 24.2. The molecule has 1 fully saturated rings. The van der Waals surface area contributed by atoms with Crippen LogP contribution in [0.2, 0.25) is 0 Å². The Kier molecular flexibility index (Phi) is 7.08. The molecule has 1 aromatic carbocycles. The number of carbonyl (C=O) groups excluding carboxylic acids is 3. The zero-order valence-electron chi connectivity index (χ0n) is 18.6. The molecule has 0 aliphatic carbocycles. The molecular weight excluding hydrogens is 464 g/mol. The summed E-state index contributed by atoms with van der Waals surface area (Å²) in [6, 6.07) is 9.68. The minimum absolute atomic E-state index is 0.196. The molecule has 3 aromatic rings. The maximum absolute atomic E-state index is 11.9. The first kappa shape index (κ1) is 23.6. The highest BCUT2D eigenvalue weighted by atomic mass is 32.2. The molecule has 1 saturated heterocycles. The summed E-state index contributed by atoms with van der Waals surface area (Å²) >= 11 is 1.43. The third-order valence-corrected chi connectivity index (χ3v) is 5.90. The average molecular weight is 487 g/mol. The monoisotopic (exact) mass is 486 g/mol. The van der Waals surface area contributed by atoms with Crippen molar-refractivity contribution in [1.82, 2.24) is 19.5 Å². The summed E-state index contributed by atoms with van der Waals surface area (Å²) in [6.45, 7) is 3.53. The summed E-state index contributed by atoms with van der Waals surface area (Å²) in [5, 5.41) is 0.630. The van der Waals surface area contributed by atoms with Crippen LogP contribution in [0.1, 0.15) is 27.0 Å². The Morgan fingerprint density at radius 3 is 2.35 bits per heavy atom. The van der Waals surface area contributed by atoms with Crippen molar-refractivity contribution in [3.63, 3.8) is 0 Å². The van der Waals surface area contributed by atoms with E-state index in [1.807, 2.05) is 30.3 Å². The predicted molar refractivity (Wildman–Crippen MR) is 118 cm³/mol. The Balaban J connectivity index is 1.71. The van der Waals surface area contributed by atoms with E-state index >= 15 is 0 Å². The van der Waals surface area contributed by atoms with E-state index in [2.05, 4.69) is 15.0 Å². The molecule has 34 heavy (non-hydrogen) atoms. The molecule has 0 unspecified atom stereocenters. The van der Waals surface area contributed by atoms with Gasteiger partial charge in [0, 0.05) is 25.7 Å². The second-order valence-electron chi connectivity index (χ2n) is 7.43. The number of nitrogens with zero attached hydrogens (tertiary/aromatic N) is 4. The molecule has 0 amide bonds. The molecule has 0 bridgehead atoms. The summed E-state index contributed by atoms with van der Waals surface area (Å²) in [7, 11) is 0. The van der Waals surface area contributed by atoms with Gasteiger partial charge in [0.25, 0.3) is 0 Å². The highest BCUT2D eigenvalue weighted by Crippen LogP contribution is 2.37. The number of carbonyl (C=O) groups is 3. The van der Waals surface area contributed by atoms with E-state index in [0.717, 1.165) is 4.90 Å². The van der Waals surface area contributed by atoms with Crippen LogP contribution in [-0.4, -0.2) is 62.3 Å². The number of fused-ring (bicyclic) bond motifs is 1. The number of rotatable bonds is 7. The van der Waals surface area contributed by atoms with Crippen molar-refractivity contribution in [1.29, 1.82) is 0 Å². The van der Waals surface area contributed by atoms with Crippen LogP contribution in [0.4, 0.5) is 0 Å². The Morgan fingerprint density at radius 2 is 1.68 bits per heavy atom. The first-order chi connectivity index (χ1) is 16.3. The van der Waals surface area contributed by atoms with Crippen molar-refractivity contribution in [2.45, 2.75) is 55.2 Å². The SMILES string of the molecule is CC(=O)OC[C@H]1O[C@@H](n2cnc3c(Sc4ccccc4)ncnc32)[C@H](OC(C)=O)[C@@H]1OC(C)=O. The number of hydrogen-bond donors (Lipinski definition) is 0. The van der Waals surface area contributed by atoms with Crippen LogP contribution < -0.4 is 0 Å². The molecule has 0 N–H and O–H groups in total. The van der Waals surface area contributed by atoms with Crippen molar-refractivity contribution in [3.05, 3.63) is 43.0 Å². The molecular formula is C22H22N4O7S. The van der Waals surface area contributed by atoms with Crippen LogP contribution >= 0.6 is 11.8 Å². The number of hydrogen-bond acceptors (Lipinski definition) is 11. The molecule has 12 heteroatoms. The third kappa shape index (κ3) is 5.18. The predicted octanol–water partition coefficient (Wildman–Crippen LogP) is 2.30. The summed E-state index contributed by atoms with van der Waals surface area (Å²) in [4.78, 5) is 49.1. The Hall–Kier alpha value is -3.51. The smallest absolute Gasteiger partial charge is 0.303 e.